The van der Waals surface area contributed by atoms with E-state index >= 15 is 0 Å². The van der Waals surface area contributed by atoms with E-state index in [1.54, 1.807) is 27.7 Å². The number of ether oxygens (including phenoxy) is 5. The summed E-state index contributed by atoms with van der Waals surface area (Å²) in [5.74, 6) is -4.04. The zero-order valence-corrected chi connectivity index (χ0v) is 26.3. The normalized spacial score (nSPS) is 20.7. The van der Waals surface area contributed by atoms with Crippen LogP contribution in [0.3, 0.4) is 0 Å². The molecule has 1 fully saturated rings. The fraction of sp³-hybridized carbons (Fsp3) is 0.704. The summed E-state index contributed by atoms with van der Waals surface area (Å²) in [6.45, 7) is 9.15. The summed E-state index contributed by atoms with van der Waals surface area (Å²) >= 11 is 4.64. The molecule has 7 atom stereocenters. The number of carbonyl (C=O) groups excluding carboxylic acids is 4. The van der Waals surface area contributed by atoms with E-state index in [1.165, 1.54) is 37.1 Å². The summed E-state index contributed by atoms with van der Waals surface area (Å²) in [6.07, 6.45) is -1.06. The average Bonchev–Trinajstić information content (AvgIpc) is 3.36. The molecule has 1 aliphatic rings. The topological polar surface area (TPSA) is 227 Å². The zero-order valence-electron chi connectivity index (χ0n) is 25.6. The molecule has 43 heavy (non-hydrogen) atoms. The van der Waals surface area contributed by atoms with Gasteiger partial charge in [-0.25, -0.2) is 14.4 Å². The molecule has 1 aromatic heterocycles. The van der Waals surface area contributed by atoms with Crippen molar-refractivity contribution in [2.75, 3.05) is 25.3 Å². The van der Waals surface area contributed by atoms with E-state index in [2.05, 4.69) is 16.6 Å². The summed E-state index contributed by atoms with van der Waals surface area (Å²) in [6, 6.07) is -0.385. The van der Waals surface area contributed by atoms with Gasteiger partial charge in [-0.15, -0.1) is 11.6 Å². The number of anilines is 1. The van der Waals surface area contributed by atoms with Crippen molar-refractivity contribution in [3.05, 3.63) is 22.7 Å². The molecule has 16 heteroatoms. The number of aromatic nitrogens is 2. The molecule has 2 heterocycles. The zero-order chi connectivity index (χ0) is 33.0. The molecule has 0 aliphatic carbocycles. The van der Waals surface area contributed by atoms with Crippen molar-refractivity contribution in [1.29, 1.82) is 0 Å². The number of nitrogens with zero attached hydrogens (tertiary/aromatic N) is 2. The smallest absolute Gasteiger partial charge is 0.351 e. The van der Waals surface area contributed by atoms with Crippen LogP contribution < -0.4 is 22.9 Å². The first-order chi connectivity index (χ1) is 20.1. The third kappa shape index (κ3) is 11.4. The van der Waals surface area contributed by atoms with E-state index in [4.69, 9.17) is 40.9 Å². The Morgan fingerprint density at radius 3 is 1.81 bits per heavy atom. The molecule has 1 aliphatic heterocycles. The highest BCUT2D eigenvalue weighted by atomic mass is 35.5. The number of hydrogen-bond acceptors (Lipinski definition) is 14. The third-order valence-corrected chi connectivity index (χ3v) is 6.58. The van der Waals surface area contributed by atoms with Gasteiger partial charge in [-0.05, 0) is 31.7 Å². The fourth-order valence-corrected chi connectivity index (χ4v) is 3.69. The van der Waals surface area contributed by atoms with E-state index in [1.807, 2.05) is 0 Å². The summed E-state index contributed by atoms with van der Waals surface area (Å²) in [7, 11) is 0. The molecule has 0 spiro atoms. The summed E-state index contributed by atoms with van der Waals surface area (Å²) < 4.78 is 28.1. The molecule has 244 valence electrons. The van der Waals surface area contributed by atoms with Crippen LogP contribution in [0.25, 0.3) is 0 Å². The van der Waals surface area contributed by atoms with Crippen molar-refractivity contribution < 1.29 is 42.9 Å². The van der Waals surface area contributed by atoms with Crippen molar-refractivity contribution in [2.24, 2.45) is 29.2 Å². The van der Waals surface area contributed by atoms with Crippen LogP contribution in [0.5, 0.6) is 0 Å². The molecule has 0 amide bonds. The highest BCUT2D eigenvalue weighted by Gasteiger charge is 2.39. The van der Waals surface area contributed by atoms with Crippen molar-refractivity contribution in [1.82, 2.24) is 9.55 Å². The van der Waals surface area contributed by atoms with Gasteiger partial charge in [0.1, 0.15) is 36.8 Å². The quantitative estimate of drug-likeness (QED) is 0.153. The monoisotopic (exact) mass is 633 g/mol. The van der Waals surface area contributed by atoms with Crippen LogP contribution in [0.1, 0.15) is 54.2 Å². The number of rotatable bonds is 13. The number of nitrogens with two attached hydrogens (primary N) is 3. The van der Waals surface area contributed by atoms with Crippen molar-refractivity contribution in [3.8, 4) is 0 Å². The maximum atomic E-state index is 12.5. The Balaban J connectivity index is 0.00000452. The predicted octanol–water partition coefficient (Wildman–Crippen LogP) is 0.501. The van der Waals surface area contributed by atoms with Gasteiger partial charge in [-0.2, -0.15) is 4.98 Å². The van der Waals surface area contributed by atoms with Gasteiger partial charge in [0.2, 0.25) is 0 Å². The lowest BCUT2D eigenvalue weighted by atomic mass is 10.0. The Morgan fingerprint density at radius 1 is 0.907 bits per heavy atom. The van der Waals surface area contributed by atoms with Gasteiger partial charge in [-0.1, -0.05) is 27.7 Å². The van der Waals surface area contributed by atoms with Crippen LogP contribution in [0.15, 0.2) is 17.1 Å². The van der Waals surface area contributed by atoms with Gasteiger partial charge in [0.15, 0.2) is 12.2 Å². The summed E-state index contributed by atoms with van der Waals surface area (Å²) in [5.41, 5.74) is 16.4. The van der Waals surface area contributed by atoms with E-state index < -0.39 is 72.1 Å². The SMILES string of the molecule is CC(OC(=O)C(N)C(C)C)C(=O)OCC1CC(n2ccc(N)nc2=O)OC1COC(=O)C(C)OC(=O)C(N)C(C)C.CCl. The number of hydrogen-bond donors (Lipinski definition) is 3. The second-order valence-corrected chi connectivity index (χ2v) is 10.6. The molecule has 6 N–H and O–H groups in total. The summed E-state index contributed by atoms with van der Waals surface area (Å²) in [4.78, 5) is 65.3. The van der Waals surface area contributed by atoms with Gasteiger partial charge < -0.3 is 40.9 Å². The molecule has 1 saturated heterocycles. The molecule has 0 saturated carbocycles. The lowest BCUT2D eigenvalue weighted by molar-refractivity contribution is -0.172. The number of halogens is 1. The van der Waals surface area contributed by atoms with Crippen LogP contribution in [0, 0.1) is 17.8 Å². The molecule has 0 radical (unpaired) electrons. The van der Waals surface area contributed by atoms with Crippen LogP contribution in [0.4, 0.5) is 5.82 Å². The van der Waals surface area contributed by atoms with Gasteiger partial charge in [0, 0.05) is 24.9 Å². The lowest BCUT2D eigenvalue weighted by Gasteiger charge is -2.22. The highest BCUT2D eigenvalue weighted by Crippen LogP contribution is 2.33. The van der Waals surface area contributed by atoms with Gasteiger partial charge in [-0.3, -0.25) is 14.2 Å². The molecule has 1 aromatic rings. The van der Waals surface area contributed by atoms with Gasteiger partial charge in [0.05, 0.1) is 6.61 Å². The lowest BCUT2D eigenvalue weighted by Crippen LogP contribution is -2.41. The standard InChI is InChI=1S/C26H41N5O10.CH3Cl/c1-12(2)20(28)24(34)39-14(5)22(32)37-10-16-9-19(31-8-7-18(27)30-26(31)36)41-17(16)11-38-23(33)15(6)40-25(35)21(29)13(3)4;1-2/h7-8,12-17,19-21H,9-11,28-29H2,1-6H3,(H2,27,30,36);1H3. The Morgan fingerprint density at radius 2 is 1.37 bits per heavy atom. The average molecular weight is 634 g/mol. The van der Waals surface area contributed by atoms with Gasteiger partial charge >= 0.3 is 29.6 Å². The third-order valence-electron chi connectivity index (χ3n) is 6.58. The second-order valence-electron chi connectivity index (χ2n) is 10.6. The number of alkyl halides is 1. The number of nitrogen functional groups attached to an aromatic ring is 1. The fourth-order valence-electron chi connectivity index (χ4n) is 3.69. The Bertz CT molecular complexity index is 1090. The minimum absolute atomic E-state index is 0.0293. The first kappa shape index (κ1) is 37.8. The maximum Gasteiger partial charge on any atom is 0.351 e. The number of carbonyl (C=O) groups is 4. The minimum atomic E-state index is -1.24. The number of esters is 4. The Labute approximate surface area is 255 Å². The van der Waals surface area contributed by atoms with E-state index in [-0.39, 0.29) is 37.3 Å². The van der Waals surface area contributed by atoms with Crippen LogP contribution in [-0.2, 0) is 42.9 Å². The van der Waals surface area contributed by atoms with Crippen molar-refractivity contribution in [2.45, 2.75) is 84.6 Å². The second kappa shape index (κ2) is 17.8. The Kier molecular flexibility index (Phi) is 15.6. The molecule has 7 unspecified atom stereocenters. The molecular formula is C27H44ClN5O10. The maximum absolute atomic E-state index is 12.5. The molecule has 15 nitrogen and oxygen atoms in total. The van der Waals surface area contributed by atoms with Crippen LogP contribution in [0.2, 0.25) is 0 Å². The van der Waals surface area contributed by atoms with E-state index in [0.717, 1.165) is 0 Å². The first-order valence-corrected chi connectivity index (χ1v) is 14.5. The van der Waals surface area contributed by atoms with Crippen molar-refractivity contribution >= 4 is 41.3 Å². The summed E-state index contributed by atoms with van der Waals surface area (Å²) in [5, 5.41) is 0. The largest absolute Gasteiger partial charge is 0.463 e. The molecular weight excluding hydrogens is 590 g/mol. The Hall–Kier alpha value is -3.27. The van der Waals surface area contributed by atoms with Crippen molar-refractivity contribution in [3.63, 3.8) is 0 Å². The molecule has 0 bridgehead atoms. The van der Waals surface area contributed by atoms with Gasteiger partial charge in [0.25, 0.3) is 0 Å². The molecule has 0 aromatic carbocycles. The molecule has 2 rings (SSSR count). The van der Waals surface area contributed by atoms with Crippen LogP contribution >= 0.6 is 11.6 Å². The first-order valence-electron chi connectivity index (χ1n) is 13.8. The minimum Gasteiger partial charge on any atom is -0.463 e. The van der Waals surface area contributed by atoms with E-state index in [9.17, 15) is 24.0 Å². The van der Waals surface area contributed by atoms with Crippen LogP contribution in [-0.4, -0.2) is 83.4 Å². The van der Waals surface area contributed by atoms with E-state index in [0.29, 0.717) is 0 Å². The predicted molar refractivity (Wildman–Crippen MR) is 155 cm³/mol. The highest BCUT2D eigenvalue weighted by molar-refractivity contribution is 6.15.